The van der Waals surface area contributed by atoms with Crippen LogP contribution in [0.25, 0.3) is 16.6 Å². The van der Waals surface area contributed by atoms with Gasteiger partial charge in [0.1, 0.15) is 5.82 Å². The third-order valence-electron chi connectivity index (χ3n) is 4.66. The minimum absolute atomic E-state index is 0.0779. The van der Waals surface area contributed by atoms with E-state index >= 15 is 0 Å². The maximum Gasteiger partial charge on any atom is 0.266 e. The lowest BCUT2D eigenvalue weighted by Crippen LogP contribution is -2.23. The van der Waals surface area contributed by atoms with E-state index in [2.05, 4.69) is 15.4 Å². The molecule has 2 heterocycles. The number of benzene rings is 2. The van der Waals surface area contributed by atoms with Gasteiger partial charge in [0.2, 0.25) is 5.91 Å². The third-order valence-corrected chi connectivity index (χ3v) is 5.84. The number of aromatic nitrogens is 4. The second-order valence-corrected chi connectivity index (χ2v) is 8.55. The minimum Gasteiger partial charge on any atom is -0.310 e. The monoisotopic (exact) mass is 453 g/mol. The average molecular weight is 454 g/mol. The number of rotatable bonds is 5. The van der Waals surface area contributed by atoms with E-state index in [1.165, 1.54) is 16.3 Å². The molecule has 0 spiro atoms. The van der Waals surface area contributed by atoms with Crippen LogP contribution in [0.2, 0.25) is 5.02 Å². The number of hydrogen-bond donors (Lipinski definition) is 1. The highest BCUT2D eigenvalue weighted by Gasteiger charge is 2.16. The second kappa shape index (κ2) is 8.56. The number of thioether (sulfide) groups is 1. The number of carbonyl (C=O) groups excluding carboxylic acids is 1. The zero-order chi connectivity index (χ0) is 22.1. The molecule has 2 aromatic heterocycles. The SMILES string of the molecule is Cc1cccc(-n2c(SCC(=O)Nc3cc(C)nn3C)nc3cc(Cl)ccc3c2=O)c1. The molecule has 0 saturated carbocycles. The Morgan fingerprint density at radius 3 is 2.68 bits per heavy atom. The van der Waals surface area contributed by atoms with E-state index in [0.29, 0.717) is 32.6 Å². The zero-order valence-electron chi connectivity index (χ0n) is 17.2. The topological polar surface area (TPSA) is 81.8 Å². The normalized spacial score (nSPS) is 11.1. The van der Waals surface area contributed by atoms with Gasteiger partial charge in [-0.3, -0.25) is 18.8 Å². The summed E-state index contributed by atoms with van der Waals surface area (Å²) >= 11 is 7.30. The van der Waals surface area contributed by atoms with Crippen molar-refractivity contribution in [3.63, 3.8) is 0 Å². The molecule has 0 aliphatic heterocycles. The standard InChI is InChI=1S/C22H20ClN5O2S/c1-13-5-4-6-16(9-13)28-21(30)17-8-7-15(23)11-18(17)24-22(28)31-12-20(29)25-19-10-14(2)26-27(19)3/h4-11H,12H2,1-3H3,(H,25,29). The van der Waals surface area contributed by atoms with Crippen LogP contribution in [-0.2, 0) is 11.8 Å². The number of halogens is 1. The van der Waals surface area contributed by atoms with E-state index in [1.807, 2.05) is 38.1 Å². The first-order valence-corrected chi connectivity index (χ1v) is 10.9. The molecule has 1 N–H and O–H groups in total. The lowest BCUT2D eigenvalue weighted by molar-refractivity contribution is -0.113. The van der Waals surface area contributed by atoms with Gasteiger partial charge in [0.25, 0.3) is 5.56 Å². The molecule has 0 fully saturated rings. The Hall–Kier alpha value is -3.10. The molecule has 0 atom stereocenters. The molecule has 4 rings (SSSR count). The molecule has 9 heteroatoms. The third kappa shape index (κ3) is 4.50. The van der Waals surface area contributed by atoms with E-state index < -0.39 is 0 Å². The highest BCUT2D eigenvalue weighted by atomic mass is 35.5. The fourth-order valence-corrected chi connectivity index (χ4v) is 4.25. The van der Waals surface area contributed by atoms with Gasteiger partial charge in [0.15, 0.2) is 5.16 Å². The van der Waals surface area contributed by atoms with Gasteiger partial charge in [-0.05, 0) is 49.7 Å². The van der Waals surface area contributed by atoms with E-state index in [0.717, 1.165) is 11.3 Å². The Balaban J connectivity index is 1.71. The highest BCUT2D eigenvalue weighted by Crippen LogP contribution is 2.24. The van der Waals surface area contributed by atoms with Crippen molar-refractivity contribution in [1.29, 1.82) is 0 Å². The Morgan fingerprint density at radius 1 is 1.16 bits per heavy atom. The highest BCUT2D eigenvalue weighted by molar-refractivity contribution is 7.99. The quantitative estimate of drug-likeness (QED) is 0.363. The molecular formula is C22H20ClN5O2S. The van der Waals surface area contributed by atoms with E-state index in [9.17, 15) is 9.59 Å². The number of nitrogens with one attached hydrogen (secondary N) is 1. The van der Waals surface area contributed by atoms with Crippen LogP contribution in [0.1, 0.15) is 11.3 Å². The fraction of sp³-hybridized carbons (Fsp3) is 0.182. The van der Waals surface area contributed by atoms with Crippen LogP contribution in [0.3, 0.4) is 0 Å². The predicted molar refractivity (Wildman–Crippen MR) is 124 cm³/mol. The van der Waals surface area contributed by atoms with Gasteiger partial charge in [-0.2, -0.15) is 5.10 Å². The number of fused-ring (bicyclic) bond motifs is 1. The second-order valence-electron chi connectivity index (χ2n) is 7.17. The molecule has 0 radical (unpaired) electrons. The van der Waals surface area contributed by atoms with Crippen LogP contribution < -0.4 is 10.9 Å². The summed E-state index contributed by atoms with van der Waals surface area (Å²) in [6.07, 6.45) is 0. The van der Waals surface area contributed by atoms with Crippen molar-refractivity contribution in [2.24, 2.45) is 7.05 Å². The summed E-state index contributed by atoms with van der Waals surface area (Å²) in [4.78, 5) is 30.5. The molecule has 7 nitrogen and oxygen atoms in total. The largest absolute Gasteiger partial charge is 0.310 e. The van der Waals surface area contributed by atoms with Gasteiger partial charge in [0.05, 0.1) is 28.0 Å². The number of nitrogens with zero attached hydrogens (tertiary/aromatic N) is 4. The van der Waals surface area contributed by atoms with E-state index in [-0.39, 0.29) is 17.2 Å². The number of hydrogen-bond acceptors (Lipinski definition) is 5. The number of aryl methyl sites for hydroxylation is 3. The van der Waals surface area contributed by atoms with Crippen molar-refractivity contribution >= 4 is 46.0 Å². The van der Waals surface area contributed by atoms with Gasteiger partial charge < -0.3 is 5.32 Å². The van der Waals surface area contributed by atoms with Gasteiger partial charge in [0, 0.05) is 18.1 Å². The molecule has 0 saturated heterocycles. The lowest BCUT2D eigenvalue weighted by atomic mass is 10.2. The summed E-state index contributed by atoms with van der Waals surface area (Å²) in [6, 6.07) is 14.4. The number of carbonyl (C=O) groups is 1. The van der Waals surface area contributed by atoms with E-state index in [4.69, 9.17) is 11.6 Å². The van der Waals surface area contributed by atoms with Crippen molar-refractivity contribution in [3.05, 3.63) is 75.2 Å². The lowest BCUT2D eigenvalue weighted by Gasteiger charge is -2.14. The average Bonchev–Trinajstić information content (AvgIpc) is 3.02. The molecule has 0 bridgehead atoms. The molecule has 158 valence electrons. The molecule has 31 heavy (non-hydrogen) atoms. The first kappa shape index (κ1) is 21.1. The van der Waals surface area contributed by atoms with Crippen molar-refractivity contribution in [3.8, 4) is 5.69 Å². The Kier molecular flexibility index (Phi) is 5.84. The molecule has 4 aromatic rings. The number of amides is 1. The molecule has 1 amide bonds. The van der Waals surface area contributed by atoms with Crippen molar-refractivity contribution in [2.45, 2.75) is 19.0 Å². The summed E-state index contributed by atoms with van der Waals surface area (Å²) in [5, 5.41) is 8.43. The summed E-state index contributed by atoms with van der Waals surface area (Å²) < 4.78 is 3.15. The summed E-state index contributed by atoms with van der Waals surface area (Å²) in [5.74, 6) is 0.468. The van der Waals surface area contributed by atoms with Gasteiger partial charge in [-0.15, -0.1) is 0 Å². The number of anilines is 1. The molecule has 0 unspecified atom stereocenters. The van der Waals surface area contributed by atoms with Gasteiger partial charge >= 0.3 is 0 Å². The summed E-state index contributed by atoms with van der Waals surface area (Å²) in [5.41, 5.74) is 2.80. The van der Waals surface area contributed by atoms with Crippen molar-refractivity contribution in [2.75, 3.05) is 11.1 Å². The first-order chi connectivity index (χ1) is 14.8. The van der Waals surface area contributed by atoms with Crippen LogP contribution in [0.5, 0.6) is 0 Å². The predicted octanol–water partition coefficient (Wildman–Crippen LogP) is 4.12. The van der Waals surface area contributed by atoms with Gasteiger partial charge in [-0.1, -0.05) is 35.5 Å². The summed E-state index contributed by atoms with van der Waals surface area (Å²) in [6.45, 7) is 3.81. The molecule has 0 aliphatic carbocycles. The zero-order valence-corrected chi connectivity index (χ0v) is 18.8. The fourth-order valence-electron chi connectivity index (χ4n) is 3.27. The van der Waals surface area contributed by atoms with Crippen LogP contribution in [0.4, 0.5) is 5.82 Å². The van der Waals surface area contributed by atoms with Gasteiger partial charge in [-0.25, -0.2) is 4.98 Å². The van der Waals surface area contributed by atoms with Crippen LogP contribution in [0, 0.1) is 13.8 Å². The van der Waals surface area contributed by atoms with Crippen LogP contribution in [-0.4, -0.2) is 31.0 Å². The molecule has 2 aromatic carbocycles. The first-order valence-electron chi connectivity index (χ1n) is 9.54. The maximum absolute atomic E-state index is 13.3. The Labute approximate surface area is 188 Å². The van der Waals surface area contributed by atoms with Crippen LogP contribution in [0.15, 0.2) is 58.5 Å². The summed E-state index contributed by atoms with van der Waals surface area (Å²) in [7, 11) is 1.76. The molecular weight excluding hydrogens is 434 g/mol. The maximum atomic E-state index is 13.3. The Morgan fingerprint density at radius 2 is 1.97 bits per heavy atom. The van der Waals surface area contributed by atoms with Crippen molar-refractivity contribution in [1.82, 2.24) is 19.3 Å². The van der Waals surface area contributed by atoms with E-state index in [1.54, 1.807) is 36.0 Å². The molecule has 0 aliphatic rings. The smallest absolute Gasteiger partial charge is 0.266 e. The minimum atomic E-state index is -0.218. The Bertz CT molecular complexity index is 1360. The van der Waals surface area contributed by atoms with Crippen molar-refractivity contribution < 1.29 is 4.79 Å². The van der Waals surface area contributed by atoms with Crippen LogP contribution >= 0.6 is 23.4 Å².